The third-order valence-corrected chi connectivity index (χ3v) is 3.44. The molecule has 2 aromatic rings. The number of hydrogen-bond acceptors (Lipinski definition) is 4. The van der Waals surface area contributed by atoms with E-state index in [4.69, 9.17) is 4.74 Å². The van der Waals surface area contributed by atoms with Gasteiger partial charge in [-0.2, -0.15) is 5.11 Å². The van der Waals surface area contributed by atoms with Gasteiger partial charge in [-0.1, -0.05) is 28.1 Å². The lowest BCUT2D eigenvalue weighted by Gasteiger charge is -2.14. The third kappa shape index (κ3) is 2.88. The molecule has 1 heterocycles. The van der Waals surface area contributed by atoms with Crippen LogP contribution in [0.15, 0.2) is 52.7 Å². The summed E-state index contributed by atoms with van der Waals surface area (Å²) in [7, 11) is 0. The summed E-state index contributed by atoms with van der Waals surface area (Å²) in [5, 5.41) is 8.14. The molecule has 3 rings (SSSR count). The first-order chi connectivity index (χ1) is 9.93. The van der Waals surface area contributed by atoms with E-state index in [0.29, 0.717) is 5.75 Å². The number of fused-ring (bicyclic) bond motifs is 2. The van der Waals surface area contributed by atoms with Crippen molar-refractivity contribution in [1.82, 2.24) is 0 Å². The minimum atomic E-state index is -0.701. The Morgan fingerprint density at radius 1 is 1.10 bits per heavy atom. The van der Waals surface area contributed by atoms with Gasteiger partial charge in [-0.25, -0.2) is 0 Å². The number of carbonyl (C=O) groups is 1. The Kier molecular flexibility index (Phi) is 3.37. The second-order valence-corrected chi connectivity index (χ2v) is 7.27. The molecule has 0 radical (unpaired) electrons. The van der Waals surface area contributed by atoms with Crippen LogP contribution in [0.25, 0.3) is 11.1 Å². The number of nitrogens with zero attached hydrogens (tertiary/aromatic N) is 2. The lowest BCUT2D eigenvalue weighted by molar-refractivity contribution is -0.136. The molecule has 0 aromatic heterocycles. The fourth-order valence-electron chi connectivity index (χ4n) is 1.95. The molecule has 0 aliphatic carbocycles. The van der Waals surface area contributed by atoms with E-state index in [1.807, 2.05) is 30.3 Å². The highest BCUT2D eigenvalue weighted by Gasteiger charge is 2.26. The Hall–Kier alpha value is -2.01. The van der Waals surface area contributed by atoms with Gasteiger partial charge in [0, 0.05) is 5.56 Å². The van der Waals surface area contributed by atoms with E-state index in [1.54, 1.807) is 26.0 Å². The maximum Gasteiger partial charge on any atom is 0.327 e. The predicted octanol–water partition coefficient (Wildman–Crippen LogP) is 5.16. The molecule has 0 amide bonds. The summed E-state index contributed by atoms with van der Waals surface area (Å²) in [6.07, 6.45) is 0. The molecule has 0 atom stereocenters. The Morgan fingerprint density at radius 3 is 2.48 bits per heavy atom. The summed E-state index contributed by atoms with van der Waals surface area (Å²) in [5.74, 6) is 0.193. The molecule has 0 unspecified atom stereocenters. The van der Waals surface area contributed by atoms with E-state index in [1.165, 1.54) is 0 Å². The average molecular weight is 345 g/mol. The van der Waals surface area contributed by atoms with E-state index in [-0.39, 0.29) is 5.97 Å². The smallest absolute Gasteiger partial charge is 0.327 e. The predicted molar refractivity (Wildman–Crippen MR) is 84.7 cm³/mol. The molecular weight excluding hydrogens is 332 g/mol. The van der Waals surface area contributed by atoms with Crippen LogP contribution < -0.4 is 4.74 Å². The van der Waals surface area contributed by atoms with E-state index in [2.05, 4.69) is 26.2 Å². The fraction of sp³-hybridized carbons (Fsp3) is 0.188. The van der Waals surface area contributed by atoms with Crippen molar-refractivity contribution in [2.75, 3.05) is 0 Å². The first-order valence-electron chi connectivity index (χ1n) is 6.51. The second kappa shape index (κ2) is 5.07. The van der Waals surface area contributed by atoms with Crippen molar-refractivity contribution in [2.24, 2.45) is 10.2 Å². The monoisotopic (exact) mass is 344 g/mol. The van der Waals surface area contributed by atoms with Gasteiger partial charge in [0.1, 0.15) is 10.1 Å². The van der Waals surface area contributed by atoms with Gasteiger partial charge in [0.15, 0.2) is 0 Å². The lowest BCUT2D eigenvalue weighted by atomic mass is 10.0. The van der Waals surface area contributed by atoms with E-state index in [0.717, 1.165) is 22.5 Å². The Labute approximate surface area is 131 Å². The van der Waals surface area contributed by atoms with Crippen LogP contribution in [0, 0.1) is 0 Å². The minimum Gasteiger partial charge on any atom is -0.426 e. The zero-order valence-corrected chi connectivity index (χ0v) is 13.2. The van der Waals surface area contributed by atoms with Gasteiger partial charge in [-0.3, -0.25) is 4.79 Å². The SMILES string of the molecule is CC(C)(Br)C(=O)Oc1ccc(-c2ccc3cc2N=N3)cc1. The fourth-order valence-corrected chi connectivity index (χ4v) is 2.03. The van der Waals surface area contributed by atoms with Gasteiger partial charge >= 0.3 is 5.97 Å². The van der Waals surface area contributed by atoms with Crippen molar-refractivity contribution >= 4 is 33.3 Å². The van der Waals surface area contributed by atoms with Crippen LogP contribution in [0.1, 0.15) is 13.8 Å². The summed E-state index contributed by atoms with van der Waals surface area (Å²) in [5.41, 5.74) is 3.76. The topological polar surface area (TPSA) is 51.0 Å². The summed E-state index contributed by atoms with van der Waals surface area (Å²) >= 11 is 3.28. The molecule has 2 aromatic carbocycles. The highest BCUT2D eigenvalue weighted by Crippen LogP contribution is 2.39. The van der Waals surface area contributed by atoms with Crippen molar-refractivity contribution in [3.8, 4) is 16.9 Å². The van der Waals surface area contributed by atoms with Crippen LogP contribution in [0.2, 0.25) is 0 Å². The highest BCUT2D eigenvalue weighted by atomic mass is 79.9. The molecule has 5 heteroatoms. The van der Waals surface area contributed by atoms with Gasteiger partial charge in [0.2, 0.25) is 0 Å². The molecule has 0 spiro atoms. The molecule has 21 heavy (non-hydrogen) atoms. The number of alkyl halides is 1. The zero-order valence-electron chi connectivity index (χ0n) is 11.6. The molecule has 0 N–H and O–H groups in total. The molecule has 0 fully saturated rings. The number of ether oxygens (including phenoxy) is 1. The number of rotatable bonds is 3. The summed E-state index contributed by atoms with van der Waals surface area (Å²) in [6.45, 7) is 3.50. The first kappa shape index (κ1) is 13.9. The average Bonchev–Trinajstić information content (AvgIpc) is 2.81. The Balaban J connectivity index is 1.82. The van der Waals surface area contributed by atoms with Crippen molar-refractivity contribution < 1.29 is 9.53 Å². The number of carbonyl (C=O) groups excluding carboxylic acids is 1. The van der Waals surface area contributed by atoms with Crippen LogP contribution >= 0.6 is 15.9 Å². The number of halogens is 1. The molecule has 106 valence electrons. The summed E-state index contributed by atoms with van der Waals surface area (Å²) in [6, 6.07) is 13.2. The largest absolute Gasteiger partial charge is 0.426 e. The summed E-state index contributed by atoms with van der Waals surface area (Å²) in [4.78, 5) is 11.8. The molecule has 2 bridgehead atoms. The van der Waals surface area contributed by atoms with Crippen LogP contribution in [0.4, 0.5) is 11.4 Å². The maximum atomic E-state index is 11.8. The van der Waals surface area contributed by atoms with Gasteiger partial charge in [-0.05, 0) is 49.7 Å². The van der Waals surface area contributed by atoms with Crippen LogP contribution in [0.3, 0.4) is 0 Å². The van der Waals surface area contributed by atoms with E-state index >= 15 is 0 Å². The normalized spacial score (nSPS) is 12.5. The highest BCUT2D eigenvalue weighted by molar-refractivity contribution is 9.10. The minimum absolute atomic E-state index is 0.327. The van der Waals surface area contributed by atoms with Gasteiger partial charge in [0.05, 0.1) is 11.4 Å². The van der Waals surface area contributed by atoms with E-state index in [9.17, 15) is 4.79 Å². The van der Waals surface area contributed by atoms with Gasteiger partial charge < -0.3 is 4.74 Å². The van der Waals surface area contributed by atoms with Crippen molar-refractivity contribution in [3.63, 3.8) is 0 Å². The van der Waals surface area contributed by atoms with Crippen LogP contribution in [-0.2, 0) is 4.79 Å². The quantitative estimate of drug-likeness (QED) is 0.374. The van der Waals surface area contributed by atoms with Crippen molar-refractivity contribution in [2.45, 2.75) is 18.2 Å². The number of hydrogen-bond donors (Lipinski definition) is 0. The standard InChI is InChI=1S/C16H13BrN2O2/c1-16(2,17)15(20)21-12-6-3-10(4-7-12)13-8-5-11-9-14(13)19-18-11/h3-9H,1-2H3. The molecule has 0 saturated heterocycles. The molecule has 0 saturated carbocycles. The number of azo groups is 1. The van der Waals surface area contributed by atoms with Gasteiger partial charge in [0.25, 0.3) is 0 Å². The van der Waals surface area contributed by atoms with Crippen LogP contribution in [-0.4, -0.2) is 10.3 Å². The number of benzene rings is 2. The molecule has 1 aliphatic rings. The lowest BCUT2D eigenvalue weighted by Crippen LogP contribution is -2.29. The zero-order chi connectivity index (χ0) is 15.0. The Morgan fingerprint density at radius 2 is 1.81 bits per heavy atom. The molecular formula is C16H13BrN2O2. The maximum absolute atomic E-state index is 11.8. The van der Waals surface area contributed by atoms with Crippen molar-refractivity contribution in [1.29, 1.82) is 0 Å². The van der Waals surface area contributed by atoms with E-state index < -0.39 is 4.32 Å². The number of esters is 1. The van der Waals surface area contributed by atoms with Crippen LogP contribution in [0.5, 0.6) is 5.75 Å². The second-order valence-electron chi connectivity index (χ2n) is 5.29. The third-order valence-electron chi connectivity index (χ3n) is 3.12. The summed E-state index contributed by atoms with van der Waals surface area (Å²) < 4.78 is 4.61. The van der Waals surface area contributed by atoms with Crippen molar-refractivity contribution in [3.05, 3.63) is 42.5 Å². The van der Waals surface area contributed by atoms with Gasteiger partial charge in [-0.15, -0.1) is 5.11 Å². The Bertz CT molecular complexity index is 731. The molecule has 1 aliphatic heterocycles. The molecule has 4 nitrogen and oxygen atoms in total. The first-order valence-corrected chi connectivity index (χ1v) is 7.30.